The lowest BCUT2D eigenvalue weighted by Gasteiger charge is -2.17. The molecule has 1 saturated heterocycles. The van der Waals surface area contributed by atoms with Crippen LogP contribution in [0.15, 0.2) is 42.6 Å². The van der Waals surface area contributed by atoms with Crippen molar-refractivity contribution in [2.45, 2.75) is 25.7 Å². The van der Waals surface area contributed by atoms with Crippen molar-refractivity contribution in [1.82, 2.24) is 9.71 Å². The summed E-state index contributed by atoms with van der Waals surface area (Å²) in [6, 6.07) is 8.86. The van der Waals surface area contributed by atoms with Gasteiger partial charge in [-0.2, -0.15) is 0 Å². The van der Waals surface area contributed by atoms with Crippen molar-refractivity contribution in [3.05, 3.63) is 70.9 Å². The molecule has 0 radical (unpaired) electrons. The Morgan fingerprint density at radius 2 is 1.94 bits per heavy atom. The summed E-state index contributed by atoms with van der Waals surface area (Å²) in [4.78, 5) is 19.8. The molecule has 4 rings (SSSR count). The summed E-state index contributed by atoms with van der Waals surface area (Å²) >= 11 is -2.16. The number of hydrogen-bond donors (Lipinski definition) is 2. The van der Waals surface area contributed by atoms with Crippen LogP contribution in [-0.4, -0.2) is 39.2 Å². The van der Waals surface area contributed by atoms with Gasteiger partial charge >= 0.3 is 0 Å². The summed E-state index contributed by atoms with van der Waals surface area (Å²) in [7, 11) is 0. The zero-order chi connectivity index (χ0) is 22.7. The predicted molar refractivity (Wildman–Crippen MR) is 120 cm³/mol. The van der Waals surface area contributed by atoms with E-state index in [2.05, 4.69) is 14.6 Å². The third-order valence-electron chi connectivity index (χ3n) is 5.61. The van der Waals surface area contributed by atoms with Gasteiger partial charge in [0.15, 0.2) is 5.78 Å². The number of nitrogens with one attached hydrogen (secondary N) is 1. The van der Waals surface area contributed by atoms with Crippen LogP contribution >= 0.6 is 0 Å². The quantitative estimate of drug-likeness (QED) is 0.302. The van der Waals surface area contributed by atoms with Crippen LogP contribution in [0, 0.1) is 11.6 Å². The Labute approximate surface area is 187 Å². The largest absolute Gasteiger partial charge is 0.370 e. The Hall–Kier alpha value is -2.75. The smallest absolute Gasteiger partial charge is 0.231 e. The van der Waals surface area contributed by atoms with E-state index in [1.807, 2.05) is 12.3 Å². The fourth-order valence-corrected chi connectivity index (χ4v) is 4.32. The third-order valence-corrected chi connectivity index (χ3v) is 6.06. The van der Waals surface area contributed by atoms with E-state index in [1.165, 1.54) is 0 Å². The number of aryl methyl sites for hydroxylation is 1. The van der Waals surface area contributed by atoms with Crippen LogP contribution in [0.5, 0.6) is 0 Å². The number of nitrogens with zero attached hydrogens (tertiary/aromatic N) is 2. The van der Waals surface area contributed by atoms with Gasteiger partial charge in [0.25, 0.3) is 0 Å². The predicted octanol–water partition coefficient (Wildman–Crippen LogP) is 4.00. The van der Waals surface area contributed by atoms with Gasteiger partial charge in [-0.05, 0) is 67.6 Å². The van der Waals surface area contributed by atoms with E-state index in [1.54, 1.807) is 18.2 Å². The van der Waals surface area contributed by atoms with Crippen molar-refractivity contribution in [2.24, 2.45) is 0 Å². The molecule has 1 aliphatic rings. The third kappa shape index (κ3) is 5.01. The summed E-state index contributed by atoms with van der Waals surface area (Å²) in [5.74, 6) is -2.08. The molecule has 6 nitrogen and oxygen atoms in total. The summed E-state index contributed by atoms with van der Waals surface area (Å²) < 4.78 is 50.8. The lowest BCUT2D eigenvalue weighted by atomic mass is 9.97. The van der Waals surface area contributed by atoms with Crippen LogP contribution in [0.2, 0.25) is 0 Å². The number of rotatable bonds is 8. The van der Waals surface area contributed by atoms with Gasteiger partial charge in [-0.15, -0.1) is 0 Å². The van der Waals surface area contributed by atoms with E-state index in [0.29, 0.717) is 6.42 Å². The molecule has 1 fully saturated rings. The first kappa shape index (κ1) is 22.4. The molecule has 0 spiro atoms. The van der Waals surface area contributed by atoms with Gasteiger partial charge in [0.1, 0.15) is 11.6 Å². The number of aromatic nitrogens is 1. The number of ketones is 1. The highest BCUT2D eigenvalue weighted by molar-refractivity contribution is 7.77. The fraction of sp³-hybridized carbons (Fsp3) is 0.304. The molecule has 1 aromatic heterocycles. The number of halogens is 2. The Kier molecular flexibility index (Phi) is 6.88. The molecule has 3 aromatic rings. The van der Waals surface area contributed by atoms with Gasteiger partial charge in [0.05, 0.1) is 23.0 Å². The van der Waals surface area contributed by atoms with E-state index in [-0.39, 0.29) is 29.7 Å². The van der Waals surface area contributed by atoms with Crippen LogP contribution in [0.3, 0.4) is 0 Å². The zero-order valence-corrected chi connectivity index (χ0v) is 18.1. The molecule has 1 unspecified atom stereocenters. The van der Waals surface area contributed by atoms with E-state index in [4.69, 9.17) is 4.55 Å². The lowest BCUT2D eigenvalue weighted by Crippen LogP contribution is -2.18. The van der Waals surface area contributed by atoms with E-state index in [9.17, 15) is 13.4 Å². The summed E-state index contributed by atoms with van der Waals surface area (Å²) in [5, 5.41) is 0.764. The number of pyridine rings is 1. The highest BCUT2D eigenvalue weighted by Gasteiger charge is 2.20. The van der Waals surface area contributed by atoms with E-state index in [0.717, 1.165) is 54.7 Å². The molecule has 2 aromatic carbocycles. The van der Waals surface area contributed by atoms with Crippen molar-refractivity contribution in [3.63, 3.8) is 0 Å². The summed E-state index contributed by atoms with van der Waals surface area (Å²) in [5.41, 5.74) is 1.68. The molecule has 9 heteroatoms. The van der Waals surface area contributed by atoms with Gasteiger partial charge in [0, 0.05) is 30.6 Å². The number of anilines is 1. The molecule has 32 heavy (non-hydrogen) atoms. The molecule has 2 N–H and O–H groups in total. The Balaban J connectivity index is 1.60. The van der Waals surface area contributed by atoms with Crippen LogP contribution in [0.25, 0.3) is 10.9 Å². The number of benzene rings is 2. The minimum absolute atomic E-state index is 0.0534. The van der Waals surface area contributed by atoms with Crippen molar-refractivity contribution < 1.29 is 22.3 Å². The second kappa shape index (κ2) is 9.81. The van der Waals surface area contributed by atoms with Crippen molar-refractivity contribution in [3.8, 4) is 0 Å². The van der Waals surface area contributed by atoms with Gasteiger partial charge in [0.2, 0.25) is 11.3 Å². The lowest BCUT2D eigenvalue weighted by molar-refractivity contribution is 0.103. The first-order chi connectivity index (χ1) is 15.4. The maximum Gasteiger partial charge on any atom is 0.231 e. The summed E-state index contributed by atoms with van der Waals surface area (Å²) in [6.45, 7) is 2.08. The molecule has 0 bridgehead atoms. The molecule has 1 atom stereocenters. The van der Waals surface area contributed by atoms with Crippen molar-refractivity contribution in [2.75, 3.05) is 24.5 Å². The Bertz CT molecular complexity index is 1180. The van der Waals surface area contributed by atoms with Crippen LogP contribution in [-0.2, 0) is 17.7 Å². The maximum absolute atomic E-state index is 15.0. The number of hydrogen-bond acceptors (Lipinski definition) is 4. The first-order valence-corrected chi connectivity index (χ1v) is 11.5. The van der Waals surface area contributed by atoms with Crippen LogP contribution in [0.1, 0.15) is 40.7 Å². The first-order valence-electron chi connectivity index (χ1n) is 10.4. The van der Waals surface area contributed by atoms with Gasteiger partial charge in [-0.1, -0.05) is 0 Å². The maximum atomic E-state index is 15.0. The number of fused-ring (bicyclic) bond motifs is 1. The second-order valence-electron chi connectivity index (χ2n) is 7.80. The van der Waals surface area contributed by atoms with E-state index < -0.39 is 28.7 Å². The minimum Gasteiger partial charge on any atom is -0.370 e. The normalized spacial score (nSPS) is 14.8. The minimum atomic E-state index is -2.16. The van der Waals surface area contributed by atoms with Crippen LogP contribution < -0.4 is 9.62 Å². The number of carbonyl (C=O) groups is 1. The average Bonchev–Trinajstić information content (AvgIpc) is 3.32. The van der Waals surface area contributed by atoms with Crippen LogP contribution in [0.4, 0.5) is 14.5 Å². The van der Waals surface area contributed by atoms with E-state index >= 15 is 4.39 Å². The fourth-order valence-electron chi connectivity index (χ4n) is 4.00. The topological polar surface area (TPSA) is 82.5 Å². The molecule has 1 aliphatic heterocycles. The molecule has 168 valence electrons. The highest BCUT2D eigenvalue weighted by atomic mass is 32.2. The Morgan fingerprint density at radius 1 is 1.16 bits per heavy atom. The highest BCUT2D eigenvalue weighted by Crippen LogP contribution is 2.26. The molecular formula is C23H23F2N3O3S. The molecular weight excluding hydrogens is 436 g/mol. The Morgan fingerprint density at radius 3 is 2.69 bits per heavy atom. The van der Waals surface area contributed by atoms with Gasteiger partial charge in [-0.25, -0.2) is 17.7 Å². The van der Waals surface area contributed by atoms with Gasteiger partial charge < -0.3 is 4.90 Å². The standard InChI is InChI=1S/C23H23F2N3O3S/c24-18-11-15(4-3-7-27-32(30)31)22(25)20(13-18)23(29)16-5-6-21-17(10-16)12-19(14-26-21)28-8-1-2-9-28/h5-6,10-14,27H,1-4,7-9H2,(H,30,31). The number of carbonyl (C=O) groups excluding carboxylic acids is 1. The zero-order valence-electron chi connectivity index (χ0n) is 17.3. The second-order valence-corrected chi connectivity index (χ2v) is 8.58. The average molecular weight is 460 g/mol. The molecule has 0 saturated carbocycles. The molecule has 2 heterocycles. The summed E-state index contributed by atoms with van der Waals surface area (Å²) in [6.07, 6.45) is 4.50. The van der Waals surface area contributed by atoms with Gasteiger partial charge in [-0.3, -0.25) is 14.3 Å². The molecule has 0 amide bonds. The van der Waals surface area contributed by atoms with Crippen molar-refractivity contribution in [1.29, 1.82) is 0 Å². The SMILES string of the molecule is O=C(c1ccc2ncc(N3CCCC3)cc2c1)c1cc(F)cc(CCCNS(=O)O)c1F. The van der Waals surface area contributed by atoms with Crippen molar-refractivity contribution >= 4 is 33.6 Å². The monoisotopic (exact) mass is 459 g/mol. The molecule has 0 aliphatic carbocycles.